The molecule has 0 fully saturated rings. The van der Waals surface area contributed by atoms with Crippen LogP contribution in [0.5, 0.6) is 0 Å². The van der Waals surface area contributed by atoms with Crippen LogP contribution in [0, 0.1) is 6.92 Å². The van der Waals surface area contributed by atoms with Crippen molar-refractivity contribution >= 4 is 33.2 Å². The van der Waals surface area contributed by atoms with Gasteiger partial charge in [-0.3, -0.25) is 0 Å². The van der Waals surface area contributed by atoms with E-state index in [4.69, 9.17) is 28.3 Å². The highest BCUT2D eigenvalue weighted by molar-refractivity contribution is 7.89. The molecule has 0 amide bonds. The van der Waals surface area contributed by atoms with Crippen molar-refractivity contribution in [3.63, 3.8) is 0 Å². The molecule has 0 aliphatic heterocycles. The van der Waals surface area contributed by atoms with E-state index in [1.807, 2.05) is 0 Å². The Labute approximate surface area is 117 Å². The molecule has 0 saturated heterocycles. The van der Waals surface area contributed by atoms with E-state index in [-0.39, 0.29) is 16.5 Å². The molecule has 1 rings (SSSR count). The van der Waals surface area contributed by atoms with Crippen LogP contribution >= 0.6 is 23.2 Å². The van der Waals surface area contributed by atoms with Crippen LogP contribution in [-0.4, -0.2) is 26.2 Å². The van der Waals surface area contributed by atoms with Crippen molar-refractivity contribution in [3.05, 3.63) is 27.7 Å². The number of sulfonamides is 1. The summed E-state index contributed by atoms with van der Waals surface area (Å²) in [5.74, 6) is 0. The number of rotatable bonds is 5. The molecular formula is C11H15Cl2NO3S. The van der Waals surface area contributed by atoms with Gasteiger partial charge in [-0.1, -0.05) is 30.1 Å². The van der Waals surface area contributed by atoms with Crippen molar-refractivity contribution in [2.45, 2.75) is 31.2 Å². The van der Waals surface area contributed by atoms with Gasteiger partial charge in [0.15, 0.2) is 0 Å². The Kier molecular flexibility index (Phi) is 5.43. The van der Waals surface area contributed by atoms with Crippen molar-refractivity contribution in [2.24, 2.45) is 0 Å². The number of hydrogen-bond acceptors (Lipinski definition) is 3. The van der Waals surface area contributed by atoms with Crippen LogP contribution in [0.15, 0.2) is 17.0 Å². The molecule has 2 N–H and O–H groups in total. The quantitative estimate of drug-likeness (QED) is 0.877. The van der Waals surface area contributed by atoms with Crippen molar-refractivity contribution in [1.29, 1.82) is 0 Å². The van der Waals surface area contributed by atoms with E-state index in [1.54, 1.807) is 13.8 Å². The molecule has 0 aliphatic carbocycles. The fourth-order valence-corrected chi connectivity index (χ4v) is 3.46. The zero-order chi connectivity index (χ0) is 13.9. The van der Waals surface area contributed by atoms with Gasteiger partial charge < -0.3 is 5.11 Å². The highest BCUT2D eigenvalue weighted by atomic mass is 35.5. The van der Waals surface area contributed by atoms with E-state index in [0.717, 1.165) is 0 Å². The second-order valence-electron chi connectivity index (χ2n) is 3.94. The molecule has 0 aliphatic rings. The van der Waals surface area contributed by atoms with Gasteiger partial charge in [-0.15, -0.1) is 0 Å². The summed E-state index contributed by atoms with van der Waals surface area (Å²) in [6.45, 7) is 3.16. The van der Waals surface area contributed by atoms with Gasteiger partial charge in [-0.2, -0.15) is 0 Å². The molecular weight excluding hydrogens is 297 g/mol. The lowest BCUT2D eigenvalue weighted by Crippen LogP contribution is -2.37. The minimum Gasteiger partial charge on any atom is -0.395 e. The first-order valence-electron chi connectivity index (χ1n) is 5.40. The van der Waals surface area contributed by atoms with E-state index in [0.29, 0.717) is 17.0 Å². The first-order valence-corrected chi connectivity index (χ1v) is 7.64. The lowest BCUT2D eigenvalue weighted by molar-refractivity contribution is 0.254. The Balaban J connectivity index is 3.16. The summed E-state index contributed by atoms with van der Waals surface area (Å²) in [5, 5.41) is 9.52. The number of halogens is 2. The molecule has 18 heavy (non-hydrogen) atoms. The number of aliphatic hydroxyl groups is 1. The van der Waals surface area contributed by atoms with E-state index in [9.17, 15) is 8.42 Å². The Hall–Kier alpha value is -0.330. The molecule has 4 nitrogen and oxygen atoms in total. The summed E-state index contributed by atoms with van der Waals surface area (Å²) in [7, 11) is -3.71. The normalized spacial score (nSPS) is 13.6. The van der Waals surface area contributed by atoms with Gasteiger partial charge in [0, 0.05) is 6.04 Å². The maximum atomic E-state index is 12.1. The standard InChI is InChI=1S/C11H15Cl2NO3S/c1-3-8(6-15)14-18(16,17)11-5-10(13)9(12)4-7(11)2/h4-5,8,14-15H,3,6H2,1-2H3/t8-/m0/s1. The molecule has 0 aromatic heterocycles. The van der Waals surface area contributed by atoms with Gasteiger partial charge in [0.25, 0.3) is 0 Å². The predicted molar refractivity (Wildman–Crippen MR) is 72.7 cm³/mol. The molecule has 7 heteroatoms. The van der Waals surface area contributed by atoms with Gasteiger partial charge in [0.1, 0.15) is 0 Å². The summed E-state index contributed by atoms with van der Waals surface area (Å²) in [4.78, 5) is 0.0730. The van der Waals surface area contributed by atoms with Gasteiger partial charge in [0.2, 0.25) is 10.0 Å². The second kappa shape index (κ2) is 6.21. The number of aliphatic hydroxyl groups excluding tert-OH is 1. The second-order valence-corrected chi connectivity index (χ2v) is 6.44. The lowest BCUT2D eigenvalue weighted by Gasteiger charge is -2.16. The minimum absolute atomic E-state index is 0.0730. The van der Waals surface area contributed by atoms with Crippen molar-refractivity contribution in [2.75, 3.05) is 6.61 Å². The molecule has 1 aromatic carbocycles. The molecule has 1 atom stereocenters. The third kappa shape index (κ3) is 3.59. The van der Waals surface area contributed by atoms with Crippen LogP contribution in [0.3, 0.4) is 0 Å². The minimum atomic E-state index is -3.71. The van der Waals surface area contributed by atoms with Crippen molar-refractivity contribution in [3.8, 4) is 0 Å². The van der Waals surface area contributed by atoms with Crippen LogP contribution in [-0.2, 0) is 10.0 Å². The smallest absolute Gasteiger partial charge is 0.241 e. The van der Waals surface area contributed by atoms with Gasteiger partial charge >= 0.3 is 0 Å². The fourth-order valence-electron chi connectivity index (χ4n) is 1.45. The zero-order valence-electron chi connectivity index (χ0n) is 10.1. The van der Waals surface area contributed by atoms with Crippen molar-refractivity contribution < 1.29 is 13.5 Å². The Morgan fingerprint density at radius 1 is 1.33 bits per heavy atom. The van der Waals surface area contributed by atoms with Crippen LogP contribution < -0.4 is 4.72 Å². The highest BCUT2D eigenvalue weighted by Gasteiger charge is 2.21. The number of hydrogen-bond donors (Lipinski definition) is 2. The van der Waals surface area contributed by atoms with E-state index in [1.165, 1.54) is 12.1 Å². The zero-order valence-corrected chi connectivity index (χ0v) is 12.4. The summed E-state index contributed by atoms with van der Waals surface area (Å²) >= 11 is 11.6. The molecule has 102 valence electrons. The monoisotopic (exact) mass is 311 g/mol. The first kappa shape index (κ1) is 15.7. The van der Waals surface area contributed by atoms with E-state index < -0.39 is 16.1 Å². The number of benzene rings is 1. The van der Waals surface area contributed by atoms with Gasteiger partial charge in [-0.05, 0) is 31.0 Å². The van der Waals surface area contributed by atoms with Crippen LogP contribution in [0.4, 0.5) is 0 Å². The molecule has 0 unspecified atom stereocenters. The average Bonchev–Trinajstić information content (AvgIpc) is 2.30. The summed E-state index contributed by atoms with van der Waals surface area (Å²) in [6.07, 6.45) is 0.496. The highest BCUT2D eigenvalue weighted by Crippen LogP contribution is 2.28. The molecule has 0 saturated carbocycles. The van der Waals surface area contributed by atoms with Crippen molar-refractivity contribution in [1.82, 2.24) is 4.72 Å². The third-order valence-corrected chi connectivity index (χ3v) is 4.93. The Morgan fingerprint density at radius 2 is 1.89 bits per heavy atom. The van der Waals surface area contributed by atoms with Crippen LogP contribution in [0.2, 0.25) is 10.0 Å². The van der Waals surface area contributed by atoms with E-state index in [2.05, 4.69) is 4.72 Å². The lowest BCUT2D eigenvalue weighted by atomic mass is 10.2. The molecule has 0 spiro atoms. The maximum Gasteiger partial charge on any atom is 0.241 e. The Bertz CT molecular complexity index is 527. The summed E-state index contributed by atoms with van der Waals surface area (Å²) in [6, 6.07) is 2.30. The van der Waals surface area contributed by atoms with Gasteiger partial charge in [0.05, 0.1) is 21.5 Å². The topological polar surface area (TPSA) is 66.4 Å². The number of aryl methyl sites for hydroxylation is 1. The summed E-state index contributed by atoms with van der Waals surface area (Å²) in [5.41, 5.74) is 0.504. The van der Waals surface area contributed by atoms with E-state index >= 15 is 0 Å². The first-order chi connectivity index (χ1) is 8.31. The van der Waals surface area contributed by atoms with Crippen LogP contribution in [0.1, 0.15) is 18.9 Å². The van der Waals surface area contributed by atoms with Gasteiger partial charge in [-0.25, -0.2) is 13.1 Å². The molecule has 0 radical (unpaired) electrons. The fraction of sp³-hybridized carbons (Fsp3) is 0.455. The summed E-state index contributed by atoms with van der Waals surface area (Å²) < 4.78 is 26.7. The van der Waals surface area contributed by atoms with Crippen LogP contribution in [0.25, 0.3) is 0 Å². The Morgan fingerprint density at radius 3 is 2.39 bits per heavy atom. The number of nitrogens with one attached hydrogen (secondary N) is 1. The molecule has 1 aromatic rings. The molecule has 0 bridgehead atoms. The SMILES string of the molecule is CC[C@@H](CO)NS(=O)(=O)c1cc(Cl)c(Cl)cc1C. The largest absolute Gasteiger partial charge is 0.395 e. The third-order valence-electron chi connectivity index (χ3n) is 2.54. The predicted octanol–water partition coefficient (Wildman–Crippen LogP) is 2.35. The maximum absolute atomic E-state index is 12.1. The average molecular weight is 312 g/mol. The molecule has 0 heterocycles.